The van der Waals surface area contributed by atoms with E-state index < -0.39 is 5.97 Å². The summed E-state index contributed by atoms with van der Waals surface area (Å²) in [4.78, 5) is 24.5. The summed E-state index contributed by atoms with van der Waals surface area (Å²) in [6.45, 7) is 0. The van der Waals surface area contributed by atoms with Crippen LogP contribution in [0, 0.1) is 5.92 Å². The lowest BCUT2D eigenvalue weighted by molar-refractivity contribution is 0.0606. The standard InChI is InChI=1S/C17H21N3O3S/c1-23-17(22)14-8-7-13(24-14)16(21)18-15-10-12(19-20-15)9-11-5-3-2-4-6-11/h7-8,10-11H,2-6,9H2,1H3,(H2,18,19,20,21). The van der Waals surface area contributed by atoms with Crippen molar-refractivity contribution in [2.24, 2.45) is 5.92 Å². The van der Waals surface area contributed by atoms with Gasteiger partial charge in [0.05, 0.1) is 12.0 Å². The third-order valence-electron chi connectivity index (χ3n) is 4.32. The van der Waals surface area contributed by atoms with Gasteiger partial charge in [0, 0.05) is 11.8 Å². The van der Waals surface area contributed by atoms with Crippen LogP contribution in [-0.2, 0) is 11.2 Å². The molecule has 128 valence electrons. The summed E-state index contributed by atoms with van der Waals surface area (Å²) in [6, 6.07) is 5.09. The molecule has 0 radical (unpaired) electrons. The van der Waals surface area contributed by atoms with Gasteiger partial charge in [0.15, 0.2) is 5.82 Å². The van der Waals surface area contributed by atoms with Gasteiger partial charge in [0.25, 0.3) is 5.91 Å². The molecule has 2 heterocycles. The van der Waals surface area contributed by atoms with Crippen molar-refractivity contribution in [1.82, 2.24) is 10.2 Å². The predicted molar refractivity (Wildman–Crippen MR) is 92.5 cm³/mol. The fourth-order valence-corrected chi connectivity index (χ4v) is 3.90. The fraction of sp³-hybridized carbons (Fsp3) is 0.471. The summed E-state index contributed by atoms with van der Waals surface area (Å²) in [6.07, 6.45) is 7.48. The van der Waals surface area contributed by atoms with Crippen LogP contribution in [-0.4, -0.2) is 29.2 Å². The Kier molecular flexibility index (Phi) is 5.30. The highest BCUT2D eigenvalue weighted by Crippen LogP contribution is 2.27. The highest BCUT2D eigenvalue weighted by atomic mass is 32.1. The number of rotatable bonds is 5. The largest absolute Gasteiger partial charge is 0.465 e. The molecule has 7 heteroatoms. The number of thiophene rings is 1. The van der Waals surface area contributed by atoms with Gasteiger partial charge >= 0.3 is 5.97 Å². The Balaban J connectivity index is 1.58. The predicted octanol–water partition coefficient (Wildman–Crippen LogP) is 3.63. The van der Waals surface area contributed by atoms with Crippen LogP contribution in [0.4, 0.5) is 5.82 Å². The van der Waals surface area contributed by atoms with E-state index in [-0.39, 0.29) is 5.91 Å². The molecule has 1 aliphatic carbocycles. The van der Waals surface area contributed by atoms with Crippen LogP contribution >= 0.6 is 11.3 Å². The summed E-state index contributed by atoms with van der Waals surface area (Å²) in [5, 5.41) is 9.93. The maximum atomic E-state index is 12.2. The van der Waals surface area contributed by atoms with Crippen molar-refractivity contribution in [2.75, 3.05) is 12.4 Å². The molecule has 3 rings (SSSR count). The molecule has 0 aliphatic heterocycles. The van der Waals surface area contributed by atoms with Gasteiger partial charge in [-0.15, -0.1) is 11.3 Å². The zero-order chi connectivity index (χ0) is 16.9. The number of hydrogen-bond acceptors (Lipinski definition) is 5. The number of ether oxygens (including phenoxy) is 1. The number of hydrogen-bond donors (Lipinski definition) is 2. The second-order valence-corrected chi connectivity index (χ2v) is 7.18. The van der Waals surface area contributed by atoms with Gasteiger partial charge < -0.3 is 10.1 Å². The molecule has 0 bridgehead atoms. The molecule has 1 saturated carbocycles. The zero-order valence-electron chi connectivity index (χ0n) is 13.6. The number of nitrogens with one attached hydrogen (secondary N) is 2. The highest BCUT2D eigenvalue weighted by molar-refractivity contribution is 7.16. The highest BCUT2D eigenvalue weighted by Gasteiger charge is 2.17. The molecule has 0 saturated heterocycles. The summed E-state index contributed by atoms with van der Waals surface area (Å²) in [7, 11) is 1.32. The Morgan fingerprint density at radius 2 is 2.04 bits per heavy atom. The third kappa shape index (κ3) is 4.03. The second kappa shape index (κ2) is 7.61. The van der Waals surface area contributed by atoms with Crippen LogP contribution < -0.4 is 5.32 Å². The monoisotopic (exact) mass is 347 g/mol. The van der Waals surface area contributed by atoms with E-state index in [1.165, 1.54) is 39.2 Å². The molecular formula is C17H21N3O3S. The van der Waals surface area contributed by atoms with Gasteiger partial charge in [-0.1, -0.05) is 32.1 Å². The van der Waals surface area contributed by atoms with Crippen LogP contribution in [0.1, 0.15) is 57.1 Å². The van der Waals surface area contributed by atoms with E-state index in [1.54, 1.807) is 12.1 Å². The molecule has 0 spiro atoms. The van der Waals surface area contributed by atoms with Crippen molar-refractivity contribution >= 4 is 29.0 Å². The number of esters is 1. The fourth-order valence-electron chi connectivity index (χ4n) is 3.08. The van der Waals surface area contributed by atoms with E-state index in [0.717, 1.165) is 23.5 Å². The van der Waals surface area contributed by atoms with Gasteiger partial charge in [-0.2, -0.15) is 5.10 Å². The lowest BCUT2D eigenvalue weighted by atomic mass is 9.86. The van der Waals surface area contributed by atoms with E-state index in [2.05, 4.69) is 20.3 Å². The second-order valence-electron chi connectivity index (χ2n) is 6.10. The van der Waals surface area contributed by atoms with Gasteiger partial charge in [-0.3, -0.25) is 9.89 Å². The molecule has 1 amide bonds. The molecule has 6 nitrogen and oxygen atoms in total. The number of carbonyl (C=O) groups excluding carboxylic acids is 2. The smallest absolute Gasteiger partial charge is 0.348 e. The Labute approximate surface area is 144 Å². The summed E-state index contributed by atoms with van der Waals surface area (Å²) < 4.78 is 4.65. The van der Waals surface area contributed by atoms with Crippen LogP contribution in [0.5, 0.6) is 0 Å². The first-order valence-corrected chi connectivity index (χ1v) is 9.01. The molecule has 0 aromatic carbocycles. The van der Waals surface area contributed by atoms with Crippen molar-refractivity contribution in [2.45, 2.75) is 38.5 Å². The van der Waals surface area contributed by atoms with Crippen molar-refractivity contribution in [3.63, 3.8) is 0 Å². The van der Waals surface area contributed by atoms with Crippen molar-refractivity contribution < 1.29 is 14.3 Å². The SMILES string of the molecule is COC(=O)c1ccc(C(=O)Nc2cc(CC3CCCCC3)[nH]n2)s1. The first kappa shape index (κ1) is 16.7. The van der Waals surface area contributed by atoms with E-state index >= 15 is 0 Å². The number of aromatic amines is 1. The van der Waals surface area contributed by atoms with Crippen LogP contribution in [0.25, 0.3) is 0 Å². The van der Waals surface area contributed by atoms with Crippen molar-refractivity contribution in [3.8, 4) is 0 Å². The summed E-state index contributed by atoms with van der Waals surface area (Å²) in [5.41, 5.74) is 1.05. The number of H-pyrrole nitrogens is 1. The Morgan fingerprint density at radius 3 is 2.79 bits per heavy atom. The summed E-state index contributed by atoms with van der Waals surface area (Å²) >= 11 is 1.10. The molecule has 1 fully saturated rings. The van der Waals surface area contributed by atoms with Gasteiger partial charge in [-0.25, -0.2) is 4.79 Å². The van der Waals surface area contributed by atoms with Crippen LogP contribution in [0.2, 0.25) is 0 Å². The van der Waals surface area contributed by atoms with Gasteiger partial charge in [0.1, 0.15) is 4.88 Å². The molecular weight excluding hydrogens is 326 g/mol. The summed E-state index contributed by atoms with van der Waals surface area (Å²) in [5.74, 6) is 0.515. The molecule has 0 atom stereocenters. The van der Waals surface area contributed by atoms with E-state index in [1.807, 2.05) is 6.07 Å². The number of methoxy groups -OCH3 is 1. The minimum absolute atomic E-state index is 0.272. The minimum atomic E-state index is -0.436. The normalized spacial score (nSPS) is 15.2. The number of carbonyl (C=O) groups is 2. The molecule has 1 aliphatic rings. The van der Waals surface area contributed by atoms with Crippen molar-refractivity contribution in [3.05, 3.63) is 33.6 Å². The maximum absolute atomic E-state index is 12.2. The Hall–Kier alpha value is -2.15. The molecule has 24 heavy (non-hydrogen) atoms. The zero-order valence-corrected chi connectivity index (χ0v) is 14.4. The lowest BCUT2D eigenvalue weighted by Gasteiger charge is -2.20. The lowest BCUT2D eigenvalue weighted by Crippen LogP contribution is -2.10. The minimum Gasteiger partial charge on any atom is -0.465 e. The van der Waals surface area contributed by atoms with E-state index in [9.17, 15) is 9.59 Å². The van der Waals surface area contributed by atoms with Gasteiger partial charge in [0.2, 0.25) is 0 Å². The number of aromatic nitrogens is 2. The quantitative estimate of drug-likeness (QED) is 0.809. The van der Waals surface area contributed by atoms with Crippen molar-refractivity contribution in [1.29, 1.82) is 0 Å². The topological polar surface area (TPSA) is 84.1 Å². The maximum Gasteiger partial charge on any atom is 0.348 e. The van der Waals surface area contributed by atoms with E-state index in [0.29, 0.717) is 21.5 Å². The molecule has 2 N–H and O–H groups in total. The van der Waals surface area contributed by atoms with Crippen LogP contribution in [0.15, 0.2) is 18.2 Å². The molecule has 2 aromatic rings. The Bertz CT molecular complexity index is 716. The van der Waals surface area contributed by atoms with Gasteiger partial charge in [-0.05, 0) is 24.5 Å². The molecule has 2 aromatic heterocycles. The van der Waals surface area contributed by atoms with Crippen LogP contribution in [0.3, 0.4) is 0 Å². The average molecular weight is 347 g/mol. The first-order chi connectivity index (χ1) is 11.7. The third-order valence-corrected chi connectivity index (χ3v) is 5.39. The number of anilines is 1. The average Bonchev–Trinajstić information content (AvgIpc) is 3.25. The first-order valence-electron chi connectivity index (χ1n) is 8.19. The molecule has 0 unspecified atom stereocenters. The number of amides is 1. The van der Waals surface area contributed by atoms with E-state index in [4.69, 9.17) is 0 Å². The number of nitrogens with zero attached hydrogens (tertiary/aromatic N) is 1. The Morgan fingerprint density at radius 1 is 1.29 bits per heavy atom.